The van der Waals surface area contributed by atoms with Gasteiger partial charge in [-0.15, -0.1) is 5.10 Å². The Labute approximate surface area is 113 Å². The highest BCUT2D eigenvalue weighted by atomic mass is 32.1. The maximum absolute atomic E-state index is 5.72. The Morgan fingerprint density at radius 3 is 2.83 bits per heavy atom. The molecule has 2 N–H and O–H groups in total. The third-order valence-corrected chi connectivity index (χ3v) is 2.64. The molecule has 0 amide bonds. The van der Waals surface area contributed by atoms with Crippen molar-refractivity contribution in [3.8, 4) is 0 Å². The van der Waals surface area contributed by atoms with Crippen LogP contribution in [0.2, 0.25) is 0 Å². The lowest BCUT2D eigenvalue weighted by molar-refractivity contribution is 0.204. The van der Waals surface area contributed by atoms with Gasteiger partial charge in [-0.3, -0.25) is 0 Å². The van der Waals surface area contributed by atoms with Gasteiger partial charge in [0.05, 0.1) is 18.4 Å². The lowest BCUT2D eigenvalue weighted by atomic mass is 10.2. The number of rotatable bonds is 7. The molecule has 0 bridgehead atoms. The molecule has 0 fully saturated rings. The minimum Gasteiger partial charge on any atom is -0.389 e. The van der Waals surface area contributed by atoms with E-state index in [1.807, 2.05) is 0 Å². The summed E-state index contributed by atoms with van der Waals surface area (Å²) < 4.78 is 5.12. The molecule has 0 radical (unpaired) electrons. The van der Waals surface area contributed by atoms with Gasteiger partial charge in [-0.2, -0.15) is 5.10 Å². The third kappa shape index (κ3) is 4.19. The number of methoxy groups -OCH3 is 1. The van der Waals surface area contributed by atoms with Gasteiger partial charge < -0.3 is 15.4 Å². The zero-order valence-electron chi connectivity index (χ0n) is 11.1. The average molecular weight is 268 g/mol. The van der Waals surface area contributed by atoms with Gasteiger partial charge in [0.1, 0.15) is 4.99 Å². The van der Waals surface area contributed by atoms with Gasteiger partial charge in [0.25, 0.3) is 0 Å². The molecule has 0 aliphatic carbocycles. The molecule has 5 nitrogen and oxygen atoms in total. The highest BCUT2D eigenvalue weighted by Crippen LogP contribution is 2.17. The van der Waals surface area contributed by atoms with Crippen molar-refractivity contribution in [3.05, 3.63) is 17.8 Å². The lowest BCUT2D eigenvalue weighted by Crippen LogP contribution is -2.33. The predicted molar refractivity (Wildman–Crippen MR) is 76.8 cm³/mol. The van der Waals surface area contributed by atoms with Gasteiger partial charge >= 0.3 is 0 Å². The SMILES string of the molecule is COCCN(CC(C)C)c1nnccc1C(N)=S. The molecule has 18 heavy (non-hydrogen) atoms. The summed E-state index contributed by atoms with van der Waals surface area (Å²) >= 11 is 5.05. The smallest absolute Gasteiger partial charge is 0.161 e. The lowest BCUT2D eigenvalue weighted by Gasteiger charge is -2.26. The van der Waals surface area contributed by atoms with Gasteiger partial charge in [0, 0.05) is 20.2 Å². The van der Waals surface area contributed by atoms with Crippen LogP contribution in [0.5, 0.6) is 0 Å². The van der Waals surface area contributed by atoms with Crippen molar-refractivity contribution in [2.45, 2.75) is 13.8 Å². The number of nitrogens with two attached hydrogens (primary N) is 1. The molecule has 0 spiro atoms. The summed E-state index contributed by atoms with van der Waals surface area (Å²) in [4.78, 5) is 2.45. The monoisotopic (exact) mass is 268 g/mol. The number of anilines is 1. The van der Waals surface area contributed by atoms with Gasteiger partial charge in [-0.05, 0) is 12.0 Å². The number of ether oxygens (including phenoxy) is 1. The molecule has 0 unspecified atom stereocenters. The Morgan fingerprint density at radius 2 is 2.28 bits per heavy atom. The van der Waals surface area contributed by atoms with Gasteiger partial charge in [-0.1, -0.05) is 26.1 Å². The molecule has 0 saturated carbocycles. The number of hydrogen-bond donors (Lipinski definition) is 1. The van der Waals surface area contributed by atoms with E-state index in [-0.39, 0.29) is 0 Å². The maximum Gasteiger partial charge on any atom is 0.161 e. The largest absolute Gasteiger partial charge is 0.389 e. The minimum absolute atomic E-state index is 0.339. The first-order valence-corrected chi connectivity index (χ1v) is 6.32. The van der Waals surface area contributed by atoms with E-state index < -0.39 is 0 Å². The summed E-state index contributed by atoms with van der Waals surface area (Å²) in [6.07, 6.45) is 1.60. The molecule has 0 saturated heterocycles. The van der Waals surface area contributed by atoms with Crippen LogP contribution in [-0.4, -0.2) is 42.0 Å². The molecule has 1 aromatic heterocycles. The molecule has 0 aliphatic rings. The summed E-state index contributed by atoms with van der Waals surface area (Å²) in [7, 11) is 1.68. The number of aromatic nitrogens is 2. The number of nitrogens with zero attached hydrogens (tertiary/aromatic N) is 3. The second kappa shape index (κ2) is 7.23. The highest BCUT2D eigenvalue weighted by molar-refractivity contribution is 7.80. The molecular formula is C12H20N4OS. The van der Waals surface area contributed by atoms with E-state index in [1.165, 1.54) is 0 Å². The van der Waals surface area contributed by atoms with Crippen LogP contribution in [0.3, 0.4) is 0 Å². The van der Waals surface area contributed by atoms with Gasteiger partial charge in [0.2, 0.25) is 0 Å². The zero-order chi connectivity index (χ0) is 13.5. The normalized spacial score (nSPS) is 10.7. The molecule has 1 aromatic rings. The summed E-state index contributed by atoms with van der Waals surface area (Å²) in [6.45, 7) is 6.52. The number of thiocarbonyl (C=S) groups is 1. The fourth-order valence-electron chi connectivity index (χ4n) is 1.68. The van der Waals surface area contributed by atoms with Crippen molar-refractivity contribution in [2.75, 3.05) is 31.7 Å². The van der Waals surface area contributed by atoms with Crippen LogP contribution in [0.4, 0.5) is 5.82 Å². The van der Waals surface area contributed by atoms with Crippen molar-refractivity contribution < 1.29 is 4.74 Å². The molecule has 6 heteroatoms. The first-order valence-electron chi connectivity index (χ1n) is 5.91. The third-order valence-electron chi connectivity index (χ3n) is 2.42. The van der Waals surface area contributed by atoms with E-state index in [1.54, 1.807) is 19.4 Å². The molecule has 1 rings (SSSR count). The quantitative estimate of drug-likeness (QED) is 0.750. The number of hydrogen-bond acceptors (Lipinski definition) is 5. The van der Waals surface area contributed by atoms with Crippen molar-refractivity contribution in [1.82, 2.24) is 10.2 Å². The fraction of sp³-hybridized carbons (Fsp3) is 0.583. The van der Waals surface area contributed by atoms with Crippen molar-refractivity contribution >= 4 is 23.0 Å². The predicted octanol–water partition coefficient (Wildman–Crippen LogP) is 1.22. The fourth-order valence-corrected chi connectivity index (χ4v) is 1.84. The van der Waals surface area contributed by atoms with Gasteiger partial charge in [-0.25, -0.2) is 0 Å². The van der Waals surface area contributed by atoms with Crippen molar-refractivity contribution in [2.24, 2.45) is 11.7 Å². The Kier molecular flexibility index (Phi) is 5.94. The van der Waals surface area contributed by atoms with Crippen LogP contribution < -0.4 is 10.6 Å². The van der Waals surface area contributed by atoms with Crippen LogP contribution in [0.15, 0.2) is 12.3 Å². The summed E-state index contributed by atoms with van der Waals surface area (Å²) in [5.74, 6) is 1.24. The van der Waals surface area contributed by atoms with Crippen LogP contribution in [0.1, 0.15) is 19.4 Å². The molecule has 0 aromatic carbocycles. The van der Waals surface area contributed by atoms with E-state index in [9.17, 15) is 0 Å². The van der Waals surface area contributed by atoms with Crippen LogP contribution in [-0.2, 0) is 4.74 Å². The summed E-state index contributed by atoms with van der Waals surface area (Å²) in [6, 6.07) is 1.80. The molecule has 0 aliphatic heterocycles. The van der Waals surface area contributed by atoms with E-state index in [0.29, 0.717) is 17.5 Å². The van der Waals surface area contributed by atoms with Crippen LogP contribution in [0, 0.1) is 5.92 Å². The van der Waals surface area contributed by atoms with Crippen LogP contribution in [0.25, 0.3) is 0 Å². The summed E-state index contributed by atoms with van der Waals surface area (Å²) in [5.41, 5.74) is 6.48. The second-order valence-corrected chi connectivity index (χ2v) is 4.91. The van der Waals surface area contributed by atoms with Gasteiger partial charge in [0.15, 0.2) is 5.82 Å². The van der Waals surface area contributed by atoms with Crippen LogP contribution >= 0.6 is 12.2 Å². The summed E-state index contributed by atoms with van der Waals surface area (Å²) in [5, 5.41) is 8.08. The van der Waals surface area contributed by atoms with E-state index >= 15 is 0 Å². The molecular weight excluding hydrogens is 248 g/mol. The Hall–Kier alpha value is -1.27. The van der Waals surface area contributed by atoms with E-state index in [4.69, 9.17) is 22.7 Å². The first-order chi connectivity index (χ1) is 8.56. The minimum atomic E-state index is 0.339. The molecule has 0 atom stereocenters. The Bertz CT molecular complexity index is 397. The topological polar surface area (TPSA) is 64.3 Å². The second-order valence-electron chi connectivity index (χ2n) is 4.47. The first kappa shape index (κ1) is 14.8. The zero-order valence-corrected chi connectivity index (χ0v) is 11.9. The average Bonchev–Trinajstić information content (AvgIpc) is 2.34. The van der Waals surface area contributed by atoms with Crippen molar-refractivity contribution in [1.29, 1.82) is 0 Å². The Balaban J connectivity index is 2.99. The molecule has 1 heterocycles. The van der Waals surface area contributed by atoms with E-state index in [0.717, 1.165) is 24.5 Å². The highest BCUT2D eigenvalue weighted by Gasteiger charge is 2.15. The standard InChI is InChI=1S/C12H20N4OS/c1-9(2)8-16(6-7-17-3)12-10(11(13)18)4-5-14-15-12/h4-5,9H,6-8H2,1-3H3,(H2,13,18). The molecule has 100 valence electrons. The van der Waals surface area contributed by atoms with Crippen molar-refractivity contribution in [3.63, 3.8) is 0 Å². The Morgan fingerprint density at radius 1 is 1.56 bits per heavy atom. The van der Waals surface area contributed by atoms with E-state index in [2.05, 4.69) is 28.9 Å². The maximum atomic E-state index is 5.72.